The Bertz CT molecular complexity index is 356. The molecule has 0 aliphatic rings. The van der Waals surface area contributed by atoms with E-state index in [0.29, 0.717) is 5.06 Å². The molecule has 1 N–H and O–H groups in total. The molecule has 0 saturated carbocycles. The molecule has 4 nitrogen and oxygen atoms in total. The van der Waals surface area contributed by atoms with E-state index in [0.717, 1.165) is 5.56 Å². The first-order chi connectivity index (χ1) is 7.24. The fourth-order valence-electron chi connectivity index (χ4n) is 0.945. The summed E-state index contributed by atoms with van der Waals surface area (Å²) < 4.78 is 4.78. The van der Waals surface area contributed by atoms with Crippen molar-refractivity contribution in [3.05, 3.63) is 35.9 Å². The van der Waals surface area contributed by atoms with E-state index in [2.05, 4.69) is 5.92 Å². The van der Waals surface area contributed by atoms with Crippen LogP contribution < -0.4 is 0 Å². The van der Waals surface area contributed by atoms with Gasteiger partial charge in [0.15, 0.2) is 0 Å². The molecule has 0 atom stereocenters. The van der Waals surface area contributed by atoms with Crippen molar-refractivity contribution in [2.75, 3.05) is 6.54 Å². The molecule has 0 heterocycles. The smallest absolute Gasteiger partial charge is 0.435 e. The zero-order valence-electron chi connectivity index (χ0n) is 8.09. The maximum atomic E-state index is 11.1. The van der Waals surface area contributed by atoms with E-state index in [1.54, 1.807) is 0 Å². The van der Waals surface area contributed by atoms with Crippen LogP contribution in [0.5, 0.6) is 0 Å². The second kappa shape index (κ2) is 5.68. The Morgan fingerprint density at radius 1 is 1.47 bits per heavy atom. The van der Waals surface area contributed by atoms with Crippen molar-refractivity contribution in [1.29, 1.82) is 0 Å². The van der Waals surface area contributed by atoms with Gasteiger partial charge in [0.25, 0.3) is 0 Å². The number of ether oxygens (including phenoxy) is 1. The molecule has 0 spiro atoms. The Morgan fingerprint density at radius 2 is 2.13 bits per heavy atom. The summed E-state index contributed by atoms with van der Waals surface area (Å²) in [5, 5.41) is 9.36. The summed E-state index contributed by atoms with van der Waals surface area (Å²) in [5.74, 6) is 2.12. The second-order valence-electron chi connectivity index (χ2n) is 2.80. The number of carbonyl (C=O) groups is 1. The maximum absolute atomic E-state index is 11.1. The highest BCUT2D eigenvalue weighted by atomic mass is 16.6. The van der Waals surface area contributed by atoms with Gasteiger partial charge in [-0.1, -0.05) is 36.3 Å². The summed E-state index contributed by atoms with van der Waals surface area (Å²) in [4.78, 5) is 11.1. The van der Waals surface area contributed by atoms with Crippen molar-refractivity contribution in [1.82, 2.24) is 5.06 Å². The van der Waals surface area contributed by atoms with Crippen LogP contribution in [-0.2, 0) is 11.3 Å². The standard InChI is InChI=1S/C11H11NO3/c1-2-8-12(14)11(13)15-9-10-6-4-3-5-7-10/h1,3-7,14H,8-9H2. The van der Waals surface area contributed by atoms with Gasteiger partial charge < -0.3 is 4.74 Å². The average Bonchev–Trinajstić information content (AvgIpc) is 2.27. The summed E-state index contributed by atoms with van der Waals surface area (Å²) in [7, 11) is 0. The molecule has 1 rings (SSSR count). The van der Waals surface area contributed by atoms with Crippen molar-refractivity contribution in [2.45, 2.75) is 6.61 Å². The summed E-state index contributed by atoms with van der Waals surface area (Å²) in [6.07, 6.45) is 4.06. The lowest BCUT2D eigenvalue weighted by Gasteiger charge is -2.11. The first-order valence-electron chi connectivity index (χ1n) is 4.34. The van der Waals surface area contributed by atoms with Crippen LogP contribution in [0.3, 0.4) is 0 Å². The fourth-order valence-corrected chi connectivity index (χ4v) is 0.945. The topological polar surface area (TPSA) is 49.8 Å². The number of nitrogens with zero attached hydrogens (tertiary/aromatic N) is 1. The predicted octanol–water partition coefficient (Wildman–Crippen LogP) is 1.65. The summed E-state index contributed by atoms with van der Waals surface area (Å²) in [5.41, 5.74) is 0.847. The van der Waals surface area contributed by atoms with Crippen molar-refractivity contribution in [2.24, 2.45) is 0 Å². The zero-order valence-corrected chi connectivity index (χ0v) is 8.09. The first kappa shape index (κ1) is 11.1. The number of hydrogen-bond donors (Lipinski definition) is 1. The number of terminal acetylenes is 1. The van der Waals surface area contributed by atoms with Crippen LogP contribution in [0.15, 0.2) is 30.3 Å². The van der Waals surface area contributed by atoms with Crippen LogP contribution in [-0.4, -0.2) is 22.9 Å². The zero-order chi connectivity index (χ0) is 11.1. The number of carbonyl (C=O) groups excluding carboxylic acids is 1. The largest absolute Gasteiger partial charge is 0.443 e. The van der Waals surface area contributed by atoms with Crippen molar-refractivity contribution >= 4 is 6.09 Å². The van der Waals surface area contributed by atoms with Crippen LogP contribution in [0, 0.1) is 12.3 Å². The molecule has 0 aliphatic heterocycles. The van der Waals surface area contributed by atoms with Crippen LogP contribution >= 0.6 is 0 Å². The van der Waals surface area contributed by atoms with Crippen molar-refractivity contribution < 1.29 is 14.7 Å². The van der Waals surface area contributed by atoms with Gasteiger partial charge in [-0.3, -0.25) is 5.21 Å². The Balaban J connectivity index is 2.38. The van der Waals surface area contributed by atoms with Gasteiger partial charge in [0.2, 0.25) is 0 Å². The molecule has 4 heteroatoms. The van der Waals surface area contributed by atoms with Crippen LogP contribution in [0.4, 0.5) is 4.79 Å². The normalized spacial score (nSPS) is 9.07. The molecule has 0 aromatic heterocycles. The predicted molar refractivity (Wildman–Crippen MR) is 54.0 cm³/mol. The molecule has 1 aromatic carbocycles. The number of benzene rings is 1. The van der Waals surface area contributed by atoms with Gasteiger partial charge in [-0.2, -0.15) is 5.06 Å². The van der Waals surface area contributed by atoms with Gasteiger partial charge in [-0.15, -0.1) is 6.42 Å². The van der Waals surface area contributed by atoms with Gasteiger partial charge in [0.1, 0.15) is 13.2 Å². The molecule has 0 bridgehead atoms. The third-order valence-electron chi connectivity index (χ3n) is 1.66. The number of hydroxylamine groups is 2. The number of hydrogen-bond acceptors (Lipinski definition) is 3. The van der Waals surface area contributed by atoms with E-state index in [1.165, 1.54) is 0 Å². The quantitative estimate of drug-likeness (QED) is 0.463. The molecule has 1 aromatic rings. The molecule has 0 aliphatic carbocycles. The van der Waals surface area contributed by atoms with E-state index < -0.39 is 6.09 Å². The van der Waals surface area contributed by atoms with Gasteiger partial charge in [-0.05, 0) is 5.56 Å². The Kier molecular flexibility index (Phi) is 4.20. The van der Waals surface area contributed by atoms with Gasteiger partial charge >= 0.3 is 6.09 Å². The fraction of sp³-hybridized carbons (Fsp3) is 0.182. The van der Waals surface area contributed by atoms with Gasteiger partial charge in [0, 0.05) is 0 Å². The summed E-state index contributed by atoms with van der Waals surface area (Å²) >= 11 is 0. The molecule has 0 radical (unpaired) electrons. The minimum atomic E-state index is -0.850. The lowest BCUT2D eigenvalue weighted by atomic mass is 10.2. The van der Waals surface area contributed by atoms with E-state index in [-0.39, 0.29) is 13.2 Å². The Hall–Kier alpha value is -1.99. The van der Waals surface area contributed by atoms with Gasteiger partial charge in [-0.25, -0.2) is 4.79 Å². The van der Waals surface area contributed by atoms with Crippen LogP contribution in [0.25, 0.3) is 0 Å². The molecule has 0 fully saturated rings. The Morgan fingerprint density at radius 3 is 2.73 bits per heavy atom. The summed E-state index contributed by atoms with van der Waals surface area (Å²) in [6.45, 7) is -0.0745. The van der Waals surface area contributed by atoms with Gasteiger partial charge in [0.05, 0.1) is 0 Å². The molecule has 15 heavy (non-hydrogen) atoms. The van der Waals surface area contributed by atoms with E-state index >= 15 is 0 Å². The molecular formula is C11H11NO3. The van der Waals surface area contributed by atoms with Crippen molar-refractivity contribution in [3.8, 4) is 12.3 Å². The SMILES string of the molecule is C#CCN(O)C(=O)OCc1ccccc1. The lowest BCUT2D eigenvalue weighted by molar-refractivity contribution is -0.0657. The highest BCUT2D eigenvalue weighted by Crippen LogP contribution is 2.01. The van der Waals surface area contributed by atoms with Crippen LogP contribution in [0.1, 0.15) is 5.56 Å². The minimum absolute atomic E-state index is 0.112. The second-order valence-corrected chi connectivity index (χ2v) is 2.80. The lowest BCUT2D eigenvalue weighted by Crippen LogP contribution is -2.28. The monoisotopic (exact) mass is 205 g/mol. The van der Waals surface area contributed by atoms with Crippen LogP contribution in [0.2, 0.25) is 0 Å². The van der Waals surface area contributed by atoms with E-state index in [1.807, 2.05) is 30.3 Å². The number of amides is 1. The molecule has 0 unspecified atom stereocenters. The van der Waals surface area contributed by atoms with E-state index in [9.17, 15) is 4.79 Å². The molecule has 1 amide bonds. The first-order valence-corrected chi connectivity index (χ1v) is 4.34. The van der Waals surface area contributed by atoms with E-state index in [4.69, 9.17) is 16.4 Å². The Labute approximate surface area is 88.0 Å². The minimum Gasteiger partial charge on any atom is -0.443 e. The maximum Gasteiger partial charge on any atom is 0.435 e. The average molecular weight is 205 g/mol. The highest BCUT2D eigenvalue weighted by molar-refractivity contribution is 5.66. The third kappa shape index (κ3) is 3.71. The molecule has 78 valence electrons. The van der Waals surface area contributed by atoms with Crippen molar-refractivity contribution in [3.63, 3.8) is 0 Å². The highest BCUT2D eigenvalue weighted by Gasteiger charge is 2.10. The molecule has 0 saturated heterocycles. The molecular weight excluding hydrogens is 194 g/mol. The third-order valence-corrected chi connectivity index (χ3v) is 1.66. The number of rotatable bonds is 3. The summed E-state index contributed by atoms with van der Waals surface area (Å²) in [6, 6.07) is 9.16.